The molecule has 5 heteroatoms. The standard InChI is InChI=1S/C19H21NO4/c21-17(20-14-7-2-1-3-8-14)12-24-19(23)16-11-10-13-6-4-5-9-15(13)18(16)22/h4-6,9-11,14,22H,1-3,7-8,12H2,(H,20,21). The van der Waals surface area contributed by atoms with E-state index in [9.17, 15) is 14.7 Å². The summed E-state index contributed by atoms with van der Waals surface area (Å²) in [4.78, 5) is 24.0. The second kappa shape index (κ2) is 7.34. The molecule has 0 spiro atoms. The number of ether oxygens (including phenoxy) is 1. The summed E-state index contributed by atoms with van der Waals surface area (Å²) in [6.07, 6.45) is 5.41. The number of carbonyl (C=O) groups is 2. The van der Waals surface area contributed by atoms with E-state index < -0.39 is 5.97 Å². The van der Waals surface area contributed by atoms with Crippen LogP contribution in [0.25, 0.3) is 10.8 Å². The number of amides is 1. The van der Waals surface area contributed by atoms with E-state index in [0.29, 0.717) is 5.39 Å². The molecule has 1 aliphatic rings. The Bertz CT molecular complexity index is 750. The maximum atomic E-state index is 12.1. The van der Waals surface area contributed by atoms with Crippen LogP contribution in [-0.2, 0) is 9.53 Å². The van der Waals surface area contributed by atoms with Crippen LogP contribution >= 0.6 is 0 Å². The minimum Gasteiger partial charge on any atom is -0.506 e. The van der Waals surface area contributed by atoms with Crippen molar-refractivity contribution < 1.29 is 19.4 Å². The number of aromatic hydroxyl groups is 1. The Morgan fingerprint density at radius 2 is 1.83 bits per heavy atom. The minimum absolute atomic E-state index is 0.0687. The zero-order chi connectivity index (χ0) is 16.9. The minimum atomic E-state index is -0.697. The molecule has 5 nitrogen and oxygen atoms in total. The highest BCUT2D eigenvalue weighted by Gasteiger charge is 2.19. The quantitative estimate of drug-likeness (QED) is 0.846. The molecule has 3 rings (SSSR count). The lowest BCUT2D eigenvalue weighted by molar-refractivity contribution is -0.125. The van der Waals surface area contributed by atoms with Gasteiger partial charge in [0, 0.05) is 11.4 Å². The largest absolute Gasteiger partial charge is 0.506 e. The van der Waals surface area contributed by atoms with Gasteiger partial charge in [0.25, 0.3) is 5.91 Å². The molecule has 0 aliphatic heterocycles. The molecule has 0 saturated heterocycles. The van der Waals surface area contributed by atoms with Gasteiger partial charge < -0.3 is 15.2 Å². The Balaban J connectivity index is 1.60. The second-order valence-electron chi connectivity index (χ2n) is 6.16. The summed E-state index contributed by atoms with van der Waals surface area (Å²) in [6.45, 7) is -0.332. The molecule has 1 fully saturated rings. The van der Waals surface area contributed by atoms with Gasteiger partial charge in [0.05, 0.1) is 0 Å². The number of phenolic OH excluding ortho intramolecular Hbond substituents is 1. The van der Waals surface area contributed by atoms with E-state index in [0.717, 1.165) is 31.1 Å². The third kappa shape index (κ3) is 3.67. The molecule has 1 amide bonds. The number of benzene rings is 2. The molecule has 1 aliphatic carbocycles. The smallest absolute Gasteiger partial charge is 0.342 e. The van der Waals surface area contributed by atoms with E-state index in [-0.39, 0.29) is 29.9 Å². The van der Waals surface area contributed by atoms with Gasteiger partial charge in [0.1, 0.15) is 11.3 Å². The maximum absolute atomic E-state index is 12.1. The number of phenols is 1. The Morgan fingerprint density at radius 3 is 2.62 bits per heavy atom. The molecule has 24 heavy (non-hydrogen) atoms. The van der Waals surface area contributed by atoms with Crippen LogP contribution in [0.2, 0.25) is 0 Å². The van der Waals surface area contributed by atoms with Crippen molar-refractivity contribution in [1.82, 2.24) is 5.32 Å². The molecule has 2 aromatic rings. The summed E-state index contributed by atoms with van der Waals surface area (Å²) >= 11 is 0. The summed E-state index contributed by atoms with van der Waals surface area (Å²) in [5, 5.41) is 14.6. The topological polar surface area (TPSA) is 75.6 Å². The van der Waals surface area contributed by atoms with Gasteiger partial charge in [-0.25, -0.2) is 4.79 Å². The first-order chi connectivity index (χ1) is 11.6. The first kappa shape index (κ1) is 16.3. The van der Waals surface area contributed by atoms with Crippen molar-refractivity contribution in [2.45, 2.75) is 38.1 Å². The van der Waals surface area contributed by atoms with Crippen molar-refractivity contribution in [1.29, 1.82) is 0 Å². The number of carbonyl (C=O) groups excluding carboxylic acids is 2. The van der Waals surface area contributed by atoms with E-state index >= 15 is 0 Å². The second-order valence-corrected chi connectivity index (χ2v) is 6.16. The van der Waals surface area contributed by atoms with Gasteiger partial charge >= 0.3 is 5.97 Å². The average molecular weight is 327 g/mol. The lowest BCUT2D eigenvalue weighted by Gasteiger charge is -2.22. The summed E-state index contributed by atoms with van der Waals surface area (Å²) in [5.74, 6) is -1.11. The lowest BCUT2D eigenvalue weighted by atomic mass is 9.95. The Morgan fingerprint density at radius 1 is 1.08 bits per heavy atom. The van der Waals surface area contributed by atoms with Gasteiger partial charge in [0.2, 0.25) is 0 Å². The van der Waals surface area contributed by atoms with E-state index in [1.807, 2.05) is 12.1 Å². The molecule has 1 saturated carbocycles. The fourth-order valence-electron chi connectivity index (χ4n) is 3.14. The van der Waals surface area contributed by atoms with Gasteiger partial charge in [-0.15, -0.1) is 0 Å². The van der Waals surface area contributed by atoms with Gasteiger partial charge in [-0.1, -0.05) is 49.6 Å². The zero-order valence-corrected chi connectivity index (χ0v) is 13.5. The highest BCUT2D eigenvalue weighted by Crippen LogP contribution is 2.29. The van der Waals surface area contributed by atoms with Crippen LogP contribution in [0.3, 0.4) is 0 Å². The number of nitrogens with one attached hydrogen (secondary N) is 1. The van der Waals surface area contributed by atoms with Crippen LogP contribution in [0, 0.1) is 0 Å². The van der Waals surface area contributed by atoms with Crippen molar-refractivity contribution in [3.05, 3.63) is 42.0 Å². The van der Waals surface area contributed by atoms with Crippen molar-refractivity contribution >= 4 is 22.6 Å². The van der Waals surface area contributed by atoms with Crippen molar-refractivity contribution in [2.24, 2.45) is 0 Å². The van der Waals surface area contributed by atoms with Gasteiger partial charge in [0.15, 0.2) is 6.61 Å². The zero-order valence-electron chi connectivity index (χ0n) is 13.5. The van der Waals surface area contributed by atoms with Crippen LogP contribution in [0.15, 0.2) is 36.4 Å². The summed E-state index contributed by atoms with van der Waals surface area (Å²) in [6, 6.07) is 10.7. The van der Waals surface area contributed by atoms with Crippen LogP contribution in [0.5, 0.6) is 5.75 Å². The average Bonchev–Trinajstić information content (AvgIpc) is 2.61. The van der Waals surface area contributed by atoms with Crippen LogP contribution < -0.4 is 5.32 Å². The SMILES string of the molecule is O=C(COC(=O)c1ccc2ccccc2c1O)NC1CCCCC1. The molecule has 0 atom stereocenters. The predicted octanol–water partition coefficient (Wildman–Crippen LogP) is 3.15. The highest BCUT2D eigenvalue weighted by atomic mass is 16.5. The van der Waals surface area contributed by atoms with Crippen LogP contribution in [0.4, 0.5) is 0 Å². The number of esters is 1. The lowest BCUT2D eigenvalue weighted by Crippen LogP contribution is -2.38. The third-order valence-electron chi connectivity index (χ3n) is 4.43. The summed E-state index contributed by atoms with van der Waals surface area (Å²) < 4.78 is 5.05. The van der Waals surface area contributed by atoms with E-state index in [1.165, 1.54) is 12.5 Å². The normalized spacial score (nSPS) is 15.2. The Kier molecular flexibility index (Phi) is 4.99. The predicted molar refractivity (Wildman–Crippen MR) is 90.9 cm³/mol. The van der Waals surface area contributed by atoms with Gasteiger partial charge in [-0.2, -0.15) is 0 Å². The molecule has 0 heterocycles. The fourth-order valence-corrected chi connectivity index (χ4v) is 3.14. The van der Waals surface area contributed by atoms with Crippen molar-refractivity contribution in [3.63, 3.8) is 0 Å². The van der Waals surface area contributed by atoms with Crippen molar-refractivity contribution in [3.8, 4) is 5.75 Å². The van der Waals surface area contributed by atoms with Gasteiger partial charge in [-0.3, -0.25) is 4.79 Å². The molecule has 2 N–H and O–H groups in total. The van der Waals surface area contributed by atoms with E-state index in [4.69, 9.17) is 4.74 Å². The first-order valence-electron chi connectivity index (χ1n) is 8.32. The number of hydrogen-bond donors (Lipinski definition) is 2. The molecule has 126 valence electrons. The van der Waals surface area contributed by atoms with Crippen LogP contribution in [0.1, 0.15) is 42.5 Å². The molecule has 0 unspecified atom stereocenters. The highest BCUT2D eigenvalue weighted by molar-refractivity contribution is 6.01. The van der Waals surface area contributed by atoms with E-state index in [2.05, 4.69) is 5.32 Å². The first-order valence-corrected chi connectivity index (χ1v) is 8.32. The van der Waals surface area contributed by atoms with Crippen LogP contribution in [-0.4, -0.2) is 29.6 Å². The fraction of sp³-hybridized carbons (Fsp3) is 0.368. The third-order valence-corrected chi connectivity index (χ3v) is 4.43. The number of hydrogen-bond acceptors (Lipinski definition) is 4. The maximum Gasteiger partial charge on any atom is 0.342 e. The Labute approximate surface area is 140 Å². The summed E-state index contributed by atoms with van der Waals surface area (Å²) in [5.41, 5.74) is 0.0687. The van der Waals surface area contributed by atoms with Gasteiger partial charge in [-0.05, 0) is 24.3 Å². The molecule has 0 aromatic heterocycles. The molecule has 0 bridgehead atoms. The number of rotatable bonds is 4. The molecular weight excluding hydrogens is 306 g/mol. The van der Waals surface area contributed by atoms with E-state index in [1.54, 1.807) is 18.2 Å². The monoisotopic (exact) mass is 327 g/mol. The molecule has 2 aromatic carbocycles. The Hall–Kier alpha value is -2.56. The molecule has 0 radical (unpaired) electrons. The number of fused-ring (bicyclic) bond motifs is 1. The van der Waals surface area contributed by atoms with Crippen molar-refractivity contribution in [2.75, 3.05) is 6.61 Å². The summed E-state index contributed by atoms with van der Waals surface area (Å²) in [7, 11) is 0. The molecular formula is C19H21NO4.